The number of rotatable bonds is 4. The van der Waals surface area contributed by atoms with E-state index in [4.69, 9.17) is 9.72 Å². The van der Waals surface area contributed by atoms with Crippen LogP contribution in [0.4, 0.5) is 0 Å². The molecule has 0 unspecified atom stereocenters. The molecule has 1 aliphatic carbocycles. The van der Waals surface area contributed by atoms with Crippen LogP contribution in [0, 0.1) is 5.92 Å². The average molecular weight is 278 g/mol. The Kier molecular flexibility index (Phi) is 4.63. The number of H-pyrrole nitrogens is 1. The zero-order valence-electron chi connectivity index (χ0n) is 13.0. The predicted molar refractivity (Wildman–Crippen MR) is 79.9 cm³/mol. The minimum Gasteiger partial charge on any atom is -0.367 e. The van der Waals surface area contributed by atoms with E-state index in [1.165, 1.54) is 0 Å². The quantitative estimate of drug-likeness (QED) is 0.919. The van der Waals surface area contributed by atoms with Gasteiger partial charge in [0.1, 0.15) is 11.4 Å². The van der Waals surface area contributed by atoms with Crippen molar-refractivity contribution in [3.8, 4) is 0 Å². The van der Waals surface area contributed by atoms with Crippen molar-refractivity contribution in [1.29, 1.82) is 0 Å². The Morgan fingerprint density at radius 1 is 1.45 bits per heavy atom. The van der Waals surface area contributed by atoms with Crippen molar-refractivity contribution in [2.24, 2.45) is 5.92 Å². The second-order valence-electron chi connectivity index (χ2n) is 6.28. The molecular weight excluding hydrogens is 252 g/mol. The minimum absolute atomic E-state index is 0.0728. The van der Waals surface area contributed by atoms with Crippen LogP contribution < -0.4 is 5.56 Å². The van der Waals surface area contributed by atoms with Crippen LogP contribution in [0.1, 0.15) is 70.8 Å². The molecule has 0 amide bonds. The van der Waals surface area contributed by atoms with Crippen molar-refractivity contribution >= 4 is 0 Å². The first-order valence-electron chi connectivity index (χ1n) is 7.72. The maximum atomic E-state index is 11.9. The molecule has 0 saturated heterocycles. The molecule has 2 rings (SSSR count). The van der Waals surface area contributed by atoms with Crippen LogP contribution in [-0.4, -0.2) is 16.6 Å². The first kappa shape index (κ1) is 15.2. The second kappa shape index (κ2) is 6.08. The fourth-order valence-electron chi connectivity index (χ4n) is 2.94. The molecule has 0 aliphatic heterocycles. The normalized spacial score (nSPS) is 26.9. The molecule has 1 aromatic rings. The second-order valence-corrected chi connectivity index (χ2v) is 6.28. The third-order valence-corrected chi connectivity index (χ3v) is 4.29. The lowest BCUT2D eigenvalue weighted by atomic mass is 9.78. The molecule has 1 fully saturated rings. The number of ether oxygens (including phenoxy) is 1. The number of hydrogen-bond donors (Lipinski definition) is 1. The average Bonchev–Trinajstić information content (AvgIpc) is 2.41. The molecule has 0 aromatic carbocycles. The Morgan fingerprint density at radius 3 is 2.65 bits per heavy atom. The number of aromatic amines is 1. The van der Waals surface area contributed by atoms with E-state index in [0.29, 0.717) is 6.61 Å². The molecule has 4 nitrogen and oxygen atoms in total. The zero-order chi connectivity index (χ0) is 14.8. The van der Waals surface area contributed by atoms with Gasteiger partial charge in [0.05, 0.1) is 5.69 Å². The Bertz CT molecular complexity index is 499. The van der Waals surface area contributed by atoms with E-state index >= 15 is 0 Å². The van der Waals surface area contributed by atoms with E-state index < -0.39 is 5.60 Å². The molecule has 0 radical (unpaired) electrons. The van der Waals surface area contributed by atoms with Gasteiger partial charge in [0.15, 0.2) is 0 Å². The summed E-state index contributed by atoms with van der Waals surface area (Å²) >= 11 is 0. The van der Waals surface area contributed by atoms with E-state index in [2.05, 4.69) is 25.8 Å². The Balaban J connectivity index is 2.41. The first-order chi connectivity index (χ1) is 9.47. The van der Waals surface area contributed by atoms with E-state index in [1.54, 1.807) is 6.07 Å². The predicted octanol–water partition coefficient (Wildman–Crippen LogP) is 3.34. The highest BCUT2D eigenvalue weighted by atomic mass is 16.5. The fraction of sp³-hybridized carbons (Fsp3) is 0.750. The maximum Gasteiger partial charge on any atom is 0.251 e. The summed E-state index contributed by atoms with van der Waals surface area (Å²) < 4.78 is 6.06. The Labute approximate surface area is 121 Å². The summed E-state index contributed by atoms with van der Waals surface area (Å²) in [5, 5.41) is 0. The van der Waals surface area contributed by atoms with Gasteiger partial charge in [-0.3, -0.25) is 4.79 Å². The fourth-order valence-corrected chi connectivity index (χ4v) is 2.94. The highest BCUT2D eigenvalue weighted by molar-refractivity contribution is 5.12. The SMILES string of the molecule is CCOC1(c2nc(C(C)C)cc(=O)[nH]2)CCC(C)CC1. The van der Waals surface area contributed by atoms with Crippen LogP contribution in [0.25, 0.3) is 0 Å². The minimum atomic E-state index is -0.397. The van der Waals surface area contributed by atoms with Crippen molar-refractivity contribution in [1.82, 2.24) is 9.97 Å². The van der Waals surface area contributed by atoms with Gasteiger partial charge in [0.25, 0.3) is 5.56 Å². The zero-order valence-corrected chi connectivity index (χ0v) is 13.0. The first-order valence-corrected chi connectivity index (χ1v) is 7.72. The van der Waals surface area contributed by atoms with Gasteiger partial charge in [0, 0.05) is 12.7 Å². The Hall–Kier alpha value is -1.16. The lowest BCUT2D eigenvalue weighted by Gasteiger charge is -2.38. The van der Waals surface area contributed by atoms with E-state index in [9.17, 15) is 4.79 Å². The van der Waals surface area contributed by atoms with Crippen molar-refractivity contribution in [3.05, 3.63) is 27.9 Å². The molecule has 1 saturated carbocycles. The molecule has 1 N–H and O–H groups in total. The van der Waals surface area contributed by atoms with Crippen molar-refractivity contribution in [2.75, 3.05) is 6.61 Å². The molecule has 1 aromatic heterocycles. The molecule has 1 heterocycles. The molecule has 0 bridgehead atoms. The van der Waals surface area contributed by atoms with Gasteiger partial charge < -0.3 is 9.72 Å². The van der Waals surface area contributed by atoms with Crippen molar-refractivity contribution in [2.45, 2.75) is 64.9 Å². The van der Waals surface area contributed by atoms with Crippen LogP contribution in [0.3, 0.4) is 0 Å². The lowest BCUT2D eigenvalue weighted by Crippen LogP contribution is -2.38. The monoisotopic (exact) mass is 278 g/mol. The van der Waals surface area contributed by atoms with E-state index in [0.717, 1.165) is 43.1 Å². The topological polar surface area (TPSA) is 55.0 Å². The standard InChI is InChI=1S/C16H26N2O2/c1-5-20-16(8-6-12(4)7-9-16)15-17-13(11(2)3)10-14(19)18-15/h10-12H,5-9H2,1-4H3,(H,17,18,19). The number of hydrogen-bond acceptors (Lipinski definition) is 3. The van der Waals surface area contributed by atoms with Crippen molar-refractivity contribution in [3.63, 3.8) is 0 Å². The number of nitrogens with one attached hydrogen (secondary N) is 1. The molecule has 1 aliphatic rings. The van der Waals surface area contributed by atoms with Crippen LogP contribution in [0.15, 0.2) is 10.9 Å². The van der Waals surface area contributed by atoms with Crippen LogP contribution in [0.5, 0.6) is 0 Å². The van der Waals surface area contributed by atoms with Crippen LogP contribution in [0.2, 0.25) is 0 Å². The van der Waals surface area contributed by atoms with Gasteiger partial charge in [-0.15, -0.1) is 0 Å². The molecule has 0 atom stereocenters. The summed E-state index contributed by atoms with van der Waals surface area (Å²) in [7, 11) is 0. The summed E-state index contributed by atoms with van der Waals surface area (Å²) in [5.41, 5.74) is 0.378. The molecule has 4 heteroatoms. The molecule has 0 spiro atoms. The summed E-state index contributed by atoms with van der Waals surface area (Å²) in [6.07, 6.45) is 4.12. The summed E-state index contributed by atoms with van der Waals surface area (Å²) in [6.45, 7) is 9.04. The lowest BCUT2D eigenvalue weighted by molar-refractivity contribution is -0.0840. The molecule has 20 heavy (non-hydrogen) atoms. The van der Waals surface area contributed by atoms with Crippen LogP contribution >= 0.6 is 0 Å². The number of aromatic nitrogens is 2. The maximum absolute atomic E-state index is 11.9. The van der Waals surface area contributed by atoms with Gasteiger partial charge in [-0.2, -0.15) is 0 Å². The van der Waals surface area contributed by atoms with E-state index in [-0.39, 0.29) is 11.5 Å². The van der Waals surface area contributed by atoms with Gasteiger partial charge in [-0.05, 0) is 44.4 Å². The largest absolute Gasteiger partial charge is 0.367 e. The van der Waals surface area contributed by atoms with Gasteiger partial charge >= 0.3 is 0 Å². The highest BCUT2D eigenvalue weighted by Crippen LogP contribution is 2.40. The van der Waals surface area contributed by atoms with Crippen LogP contribution in [-0.2, 0) is 10.3 Å². The summed E-state index contributed by atoms with van der Waals surface area (Å²) in [4.78, 5) is 19.5. The number of nitrogens with zero attached hydrogens (tertiary/aromatic N) is 1. The van der Waals surface area contributed by atoms with Crippen molar-refractivity contribution < 1.29 is 4.74 Å². The van der Waals surface area contributed by atoms with Gasteiger partial charge in [0.2, 0.25) is 0 Å². The van der Waals surface area contributed by atoms with E-state index in [1.807, 2.05) is 6.92 Å². The highest BCUT2D eigenvalue weighted by Gasteiger charge is 2.39. The Morgan fingerprint density at radius 2 is 2.10 bits per heavy atom. The summed E-state index contributed by atoms with van der Waals surface area (Å²) in [6, 6.07) is 1.60. The summed E-state index contributed by atoms with van der Waals surface area (Å²) in [5.74, 6) is 1.70. The third-order valence-electron chi connectivity index (χ3n) is 4.29. The molecular formula is C16H26N2O2. The smallest absolute Gasteiger partial charge is 0.251 e. The van der Waals surface area contributed by atoms with Gasteiger partial charge in [-0.1, -0.05) is 20.8 Å². The van der Waals surface area contributed by atoms with Gasteiger partial charge in [-0.25, -0.2) is 4.98 Å². The molecule has 112 valence electrons. The third kappa shape index (κ3) is 3.11.